The van der Waals surface area contributed by atoms with Crippen LogP contribution in [0.3, 0.4) is 0 Å². The van der Waals surface area contributed by atoms with Gasteiger partial charge in [0.05, 0.1) is 0 Å². The predicted molar refractivity (Wildman–Crippen MR) is 131 cm³/mol. The number of nitrogens with one attached hydrogen (secondary N) is 2. The zero-order valence-corrected chi connectivity index (χ0v) is 21.7. The quantitative estimate of drug-likeness (QED) is 0.508. The lowest BCUT2D eigenvalue weighted by Gasteiger charge is -2.37. The Balaban J connectivity index is 3.41. The number of benzene rings is 1. The maximum Gasteiger partial charge on any atom is 0.408 e. The first kappa shape index (κ1) is 27.8. The molecular formula is C24H39N3O4S. The van der Waals surface area contributed by atoms with Gasteiger partial charge in [-0.1, -0.05) is 23.8 Å². The highest BCUT2D eigenvalue weighted by Crippen LogP contribution is 2.28. The third-order valence-electron chi connectivity index (χ3n) is 4.66. The molecule has 7 nitrogen and oxygen atoms in total. The first-order chi connectivity index (χ1) is 14.7. The van der Waals surface area contributed by atoms with Crippen molar-refractivity contribution in [1.82, 2.24) is 15.5 Å². The van der Waals surface area contributed by atoms with Crippen molar-refractivity contribution in [1.29, 1.82) is 0 Å². The fourth-order valence-corrected chi connectivity index (χ4v) is 3.66. The second-order valence-corrected chi connectivity index (χ2v) is 10.0. The third kappa shape index (κ3) is 8.04. The van der Waals surface area contributed by atoms with Gasteiger partial charge in [-0.25, -0.2) is 4.79 Å². The number of thiol groups is 1. The van der Waals surface area contributed by atoms with Crippen LogP contribution in [0.25, 0.3) is 0 Å². The zero-order valence-electron chi connectivity index (χ0n) is 20.8. The van der Waals surface area contributed by atoms with Crippen LogP contribution in [0.1, 0.15) is 71.2 Å². The molecular weight excluding hydrogens is 426 g/mol. The van der Waals surface area contributed by atoms with Gasteiger partial charge in [-0.3, -0.25) is 9.59 Å². The number of carbonyl (C=O) groups is 3. The van der Waals surface area contributed by atoms with Crippen LogP contribution >= 0.6 is 12.6 Å². The number of ether oxygens (including phenoxy) is 1. The van der Waals surface area contributed by atoms with E-state index in [1.165, 1.54) is 4.90 Å². The number of aryl methyl sites for hydroxylation is 2. The minimum Gasteiger partial charge on any atom is -0.444 e. The Kier molecular flexibility index (Phi) is 10.1. The molecule has 2 N–H and O–H groups in total. The number of hydrogen-bond donors (Lipinski definition) is 3. The molecule has 32 heavy (non-hydrogen) atoms. The van der Waals surface area contributed by atoms with Gasteiger partial charge in [0.25, 0.3) is 0 Å². The van der Waals surface area contributed by atoms with Crippen molar-refractivity contribution in [2.24, 2.45) is 0 Å². The molecule has 0 aliphatic carbocycles. The Morgan fingerprint density at radius 3 is 2.09 bits per heavy atom. The van der Waals surface area contributed by atoms with Crippen molar-refractivity contribution in [3.63, 3.8) is 0 Å². The Labute approximate surface area is 198 Å². The molecule has 1 rings (SSSR count). The van der Waals surface area contributed by atoms with Crippen LogP contribution in [0.5, 0.6) is 0 Å². The van der Waals surface area contributed by atoms with E-state index >= 15 is 0 Å². The molecule has 3 amide bonds. The van der Waals surface area contributed by atoms with Gasteiger partial charge < -0.3 is 20.3 Å². The Morgan fingerprint density at radius 1 is 1.06 bits per heavy atom. The molecule has 0 radical (unpaired) electrons. The average Bonchev–Trinajstić information content (AvgIpc) is 2.61. The average molecular weight is 466 g/mol. The van der Waals surface area contributed by atoms with Crippen LogP contribution < -0.4 is 10.6 Å². The lowest BCUT2D eigenvalue weighted by atomic mass is 9.95. The first-order valence-corrected chi connectivity index (χ1v) is 11.6. The zero-order chi connectivity index (χ0) is 24.8. The molecule has 0 aromatic heterocycles. The summed E-state index contributed by atoms with van der Waals surface area (Å²) in [5.74, 6) is -0.610. The van der Waals surface area contributed by atoms with Crippen molar-refractivity contribution < 1.29 is 19.1 Å². The van der Waals surface area contributed by atoms with Crippen LogP contribution in [0.2, 0.25) is 0 Å². The molecule has 0 bridgehead atoms. The fourth-order valence-electron chi connectivity index (χ4n) is 3.41. The summed E-state index contributed by atoms with van der Waals surface area (Å²) in [5.41, 5.74) is 2.02. The maximum atomic E-state index is 13.6. The second kappa shape index (κ2) is 11.6. The van der Waals surface area contributed by atoms with Crippen molar-refractivity contribution in [3.05, 3.63) is 34.9 Å². The van der Waals surface area contributed by atoms with Gasteiger partial charge in [0.15, 0.2) is 0 Å². The topological polar surface area (TPSA) is 87.7 Å². The summed E-state index contributed by atoms with van der Waals surface area (Å²) in [6.45, 7) is 16.6. The van der Waals surface area contributed by atoms with E-state index in [2.05, 4.69) is 23.3 Å². The molecule has 0 aliphatic heterocycles. The highest BCUT2D eigenvalue weighted by molar-refractivity contribution is 7.80. The van der Waals surface area contributed by atoms with E-state index in [0.717, 1.165) is 16.7 Å². The van der Waals surface area contributed by atoms with E-state index in [9.17, 15) is 14.4 Å². The summed E-state index contributed by atoms with van der Waals surface area (Å²) >= 11 is 4.28. The van der Waals surface area contributed by atoms with Crippen LogP contribution in [-0.4, -0.2) is 52.3 Å². The SMILES string of the molecule is Cc1ccc(C(C(=O)NC(C)C)N(C(=O)C(CS)NC(=O)OC(C)(C)C)C(C)C)c(C)c1. The number of hydrogen-bond acceptors (Lipinski definition) is 5. The summed E-state index contributed by atoms with van der Waals surface area (Å²) in [5, 5.41) is 5.55. The van der Waals surface area contributed by atoms with Gasteiger partial charge in [-0.15, -0.1) is 0 Å². The summed E-state index contributed by atoms with van der Waals surface area (Å²) in [7, 11) is 0. The lowest BCUT2D eigenvalue weighted by Crippen LogP contribution is -2.56. The summed E-state index contributed by atoms with van der Waals surface area (Å²) in [6, 6.07) is 3.59. The Morgan fingerprint density at radius 2 is 1.66 bits per heavy atom. The summed E-state index contributed by atoms with van der Waals surface area (Å²) < 4.78 is 5.30. The number of amides is 3. The monoisotopic (exact) mass is 465 g/mol. The lowest BCUT2D eigenvalue weighted by molar-refractivity contribution is -0.144. The number of nitrogens with zero attached hydrogens (tertiary/aromatic N) is 1. The summed E-state index contributed by atoms with van der Waals surface area (Å²) in [4.78, 5) is 40.8. The molecule has 8 heteroatoms. The maximum absolute atomic E-state index is 13.6. The Bertz CT molecular complexity index is 818. The fraction of sp³-hybridized carbons (Fsp3) is 0.625. The van der Waals surface area contributed by atoms with Gasteiger partial charge in [0.2, 0.25) is 11.8 Å². The second-order valence-electron chi connectivity index (χ2n) is 9.65. The van der Waals surface area contributed by atoms with E-state index in [-0.39, 0.29) is 23.7 Å². The molecule has 1 aromatic rings. The van der Waals surface area contributed by atoms with Crippen LogP contribution in [0, 0.1) is 13.8 Å². The van der Waals surface area contributed by atoms with Crippen molar-refractivity contribution in [2.45, 2.75) is 92.1 Å². The number of alkyl carbamates (subject to hydrolysis) is 1. The van der Waals surface area contributed by atoms with E-state index in [0.29, 0.717) is 0 Å². The van der Waals surface area contributed by atoms with Gasteiger partial charge in [-0.05, 0) is 73.4 Å². The van der Waals surface area contributed by atoms with Crippen molar-refractivity contribution in [2.75, 3.05) is 5.75 Å². The molecule has 0 heterocycles. The van der Waals surface area contributed by atoms with Crippen molar-refractivity contribution in [3.8, 4) is 0 Å². The number of rotatable bonds is 8. The standard InChI is InChI=1S/C24H39N3O4S/c1-14(2)25-21(28)20(18-11-10-16(5)12-17(18)6)27(15(3)4)22(29)19(13-32)26-23(30)31-24(7,8)9/h10-12,14-15,19-20,32H,13H2,1-9H3,(H,25,28)(H,26,30). The predicted octanol–water partition coefficient (Wildman–Crippen LogP) is 3.93. The largest absolute Gasteiger partial charge is 0.444 e. The highest BCUT2D eigenvalue weighted by atomic mass is 32.1. The molecule has 1 aromatic carbocycles. The molecule has 2 unspecified atom stereocenters. The summed E-state index contributed by atoms with van der Waals surface area (Å²) in [6.07, 6.45) is -0.705. The molecule has 0 saturated carbocycles. The molecule has 180 valence electrons. The Hall–Kier alpha value is -2.22. The van der Waals surface area contributed by atoms with Crippen LogP contribution in [-0.2, 0) is 14.3 Å². The highest BCUT2D eigenvalue weighted by Gasteiger charge is 2.38. The molecule has 0 spiro atoms. The van der Waals surface area contributed by atoms with Crippen LogP contribution in [0.4, 0.5) is 4.79 Å². The van der Waals surface area contributed by atoms with Crippen molar-refractivity contribution >= 4 is 30.5 Å². The third-order valence-corrected chi connectivity index (χ3v) is 5.02. The minimum atomic E-state index is -0.948. The van der Waals surface area contributed by atoms with Gasteiger partial charge in [-0.2, -0.15) is 12.6 Å². The van der Waals surface area contributed by atoms with E-state index < -0.39 is 29.7 Å². The minimum absolute atomic E-state index is 0.0622. The molecule has 0 fully saturated rings. The van der Waals surface area contributed by atoms with Crippen LogP contribution in [0.15, 0.2) is 18.2 Å². The van der Waals surface area contributed by atoms with E-state index in [4.69, 9.17) is 4.74 Å². The normalized spacial score (nSPS) is 13.5. The number of carbonyl (C=O) groups excluding carboxylic acids is 3. The van der Waals surface area contributed by atoms with Gasteiger partial charge >= 0.3 is 6.09 Å². The first-order valence-electron chi connectivity index (χ1n) is 11.0. The van der Waals surface area contributed by atoms with Gasteiger partial charge in [0.1, 0.15) is 17.7 Å². The smallest absolute Gasteiger partial charge is 0.408 e. The van der Waals surface area contributed by atoms with Gasteiger partial charge in [0, 0.05) is 17.8 Å². The van der Waals surface area contributed by atoms with E-state index in [1.807, 2.05) is 59.7 Å². The molecule has 0 aliphatic rings. The molecule has 2 atom stereocenters. The van der Waals surface area contributed by atoms with E-state index in [1.54, 1.807) is 20.8 Å². The molecule has 0 saturated heterocycles.